The van der Waals surface area contributed by atoms with Crippen molar-refractivity contribution in [3.63, 3.8) is 0 Å². The number of halogens is 6. The number of amides is 2. The minimum atomic E-state index is -4.99. The van der Waals surface area contributed by atoms with Gasteiger partial charge < -0.3 is 10.0 Å². The fraction of sp³-hybridized carbons (Fsp3) is 0.500. The topological polar surface area (TPSA) is 67.6 Å². The summed E-state index contributed by atoms with van der Waals surface area (Å²) in [5.74, 6) is 0. The Morgan fingerprint density at radius 3 is 2.37 bits per heavy atom. The molecular formula is C16H13F6N3O2. The molecule has 2 aliphatic rings. The van der Waals surface area contributed by atoms with Crippen LogP contribution in [-0.4, -0.2) is 46.9 Å². The van der Waals surface area contributed by atoms with E-state index in [1.807, 2.05) is 0 Å². The van der Waals surface area contributed by atoms with Crippen molar-refractivity contribution < 1.29 is 36.2 Å². The second kappa shape index (κ2) is 6.02. The summed E-state index contributed by atoms with van der Waals surface area (Å²) in [5, 5.41) is 18.8. The van der Waals surface area contributed by atoms with E-state index in [1.54, 1.807) is 0 Å². The van der Waals surface area contributed by atoms with Crippen LogP contribution < -0.4 is 4.90 Å². The first kappa shape index (κ1) is 19.3. The maximum absolute atomic E-state index is 13.7. The lowest BCUT2D eigenvalue weighted by Crippen LogP contribution is -2.51. The van der Waals surface area contributed by atoms with Crippen LogP contribution in [0.25, 0.3) is 0 Å². The molecule has 2 aliphatic heterocycles. The van der Waals surface area contributed by atoms with Gasteiger partial charge in [0, 0.05) is 12.2 Å². The van der Waals surface area contributed by atoms with Crippen LogP contribution in [0.5, 0.6) is 0 Å². The standard InChI is InChI=1S/C16H13F6N3O2/c1-7-9(3-2-8(6-23)11(7)15(17,18)19)25-13(16(20,21)22)12-10(26)4-5-24(12)14(25)27/h2-3,10,12-13,26H,4-5H2,1H3. The number of alkyl halides is 6. The van der Waals surface area contributed by atoms with Gasteiger partial charge in [-0.25, -0.2) is 4.79 Å². The minimum absolute atomic E-state index is 0.0447. The van der Waals surface area contributed by atoms with Crippen LogP contribution in [0.4, 0.5) is 36.8 Å². The van der Waals surface area contributed by atoms with Crippen molar-refractivity contribution in [2.24, 2.45) is 0 Å². The summed E-state index contributed by atoms with van der Waals surface area (Å²) in [5.41, 5.74) is -3.38. The van der Waals surface area contributed by atoms with Gasteiger partial charge in [-0.05, 0) is 31.0 Å². The molecule has 0 spiro atoms. The number of nitrogens with zero attached hydrogens (tertiary/aromatic N) is 3. The van der Waals surface area contributed by atoms with Crippen LogP contribution in [0.15, 0.2) is 12.1 Å². The molecule has 2 heterocycles. The lowest BCUT2D eigenvalue weighted by Gasteiger charge is -2.31. The molecule has 1 N–H and O–H groups in total. The quantitative estimate of drug-likeness (QED) is 0.746. The molecule has 2 amide bonds. The summed E-state index contributed by atoms with van der Waals surface area (Å²) < 4.78 is 81.1. The predicted molar refractivity (Wildman–Crippen MR) is 79.7 cm³/mol. The Hall–Kier alpha value is -2.48. The molecule has 11 heteroatoms. The molecule has 3 rings (SSSR count). The molecule has 27 heavy (non-hydrogen) atoms. The van der Waals surface area contributed by atoms with Crippen LogP contribution in [0, 0.1) is 18.3 Å². The molecule has 1 aromatic rings. The van der Waals surface area contributed by atoms with Gasteiger partial charge >= 0.3 is 18.4 Å². The molecule has 0 bridgehead atoms. The lowest BCUT2D eigenvalue weighted by molar-refractivity contribution is -0.156. The first-order valence-electron chi connectivity index (χ1n) is 7.85. The zero-order valence-electron chi connectivity index (χ0n) is 13.8. The van der Waals surface area contributed by atoms with E-state index >= 15 is 0 Å². The van der Waals surface area contributed by atoms with E-state index in [2.05, 4.69) is 0 Å². The van der Waals surface area contributed by atoms with Crippen molar-refractivity contribution in [1.82, 2.24) is 4.90 Å². The van der Waals surface area contributed by atoms with E-state index in [-0.39, 0.29) is 17.9 Å². The molecule has 3 unspecified atom stereocenters. The summed E-state index contributed by atoms with van der Waals surface area (Å²) in [4.78, 5) is 13.6. The summed E-state index contributed by atoms with van der Waals surface area (Å²) in [6.07, 6.45) is -11.4. The fourth-order valence-electron chi connectivity index (χ4n) is 3.83. The monoisotopic (exact) mass is 393 g/mol. The van der Waals surface area contributed by atoms with Crippen LogP contribution in [0.1, 0.15) is 23.1 Å². The Labute approximate surface area is 149 Å². The molecule has 5 nitrogen and oxygen atoms in total. The van der Waals surface area contributed by atoms with Crippen LogP contribution in [0.3, 0.4) is 0 Å². The van der Waals surface area contributed by atoms with Crippen molar-refractivity contribution in [3.05, 3.63) is 28.8 Å². The summed E-state index contributed by atoms with van der Waals surface area (Å²) in [6, 6.07) is -2.21. The largest absolute Gasteiger partial charge is 0.418 e. The first-order valence-corrected chi connectivity index (χ1v) is 7.85. The van der Waals surface area contributed by atoms with Crippen molar-refractivity contribution in [1.29, 1.82) is 5.26 Å². The highest BCUT2D eigenvalue weighted by Gasteiger charge is 2.63. The highest BCUT2D eigenvalue weighted by molar-refractivity contribution is 5.97. The van der Waals surface area contributed by atoms with Gasteiger partial charge in [0.05, 0.1) is 29.3 Å². The van der Waals surface area contributed by atoms with Crippen molar-refractivity contribution in [2.45, 2.75) is 43.9 Å². The number of hydrogen-bond donors (Lipinski definition) is 1. The average molecular weight is 393 g/mol. The number of carbonyl (C=O) groups excluding carboxylic acids is 1. The summed E-state index contributed by atoms with van der Waals surface area (Å²) >= 11 is 0. The van der Waals surface area contributed by atoms with E-state index in [9.17, 15) is 36.2 Å². The van der Waals surface area contributed by atoms with E-state index < -0.39 is 58.9 Å². The van der Waals surface area contributed by atoms with Crippen molar-refractivity contribution >= 4 is 11.7 Å². The third-order valence-corrected chi connectivity index (χ3v) is 4.91. The van der Waals surface area contributed by atoms with E-state index in [4.69, 9.17) is 5.26 Å². The second-order valence-corrected chi connectivity index (χ2v) is 6.42. The van der Waals surface area contributed by atoms with E-state index in [0.29, 0.717) is 0 Å². The average Bonchev–Trinajstić information content (AvgIpc) is 3.04. The molecule has 0 radical (unpaired) electrons. The summed E-state index contributed by atoms with van der Waals surface area (Å²) in [6.45, 7) is 0.786. The first-order chi connectivity index (χ1) is 12.4. The van der Waals surface area contributed by atoms with Gasteiger partial charge in [0.15, 0.2) is 6.04 Å². The second-order valence-electron chi connectivity index (χ2n) is 6.42. The van der Waals surface area contributed by atoms with Crippen LogP contribution >= 0.6 is 0 Å². The molecule has 0 saturated carbocycles. The van der Waals surface area contributed by atoms with Gasteiger partial charge in [-0.2, -0.15) is 31.6 Å². The molecule has 0 aliphatic carbocycles. The normalized spacial score (nSPS) is 25.7. The van der Waals surface area contributed by atoms with Crippen LogP contribution in [0.2, 0.25) is 0 Å². The number of fused-ring (bicyclic) bond motifs is 1. The Bertz CT molecular complexity index is 829. The van der Waals surface area contributed by atoms with Gasteiger partial charge in [-0.15, -0.1) is 0 Å². The van der Waals surface area contributed by atoms with Gasteiger partial charge in [-0.1, -0.05) is 0 Å². The van der Waals surface area contributed by atoms with Gasteiger partial charge in [-0.3, -0.25) is 4.90 Å². The molecule has 1 aromatic carbocycles. The molecule has 2 saturated heterocycles. The third kappa shape index (κ3) is 2.88. The Kier molecular flexibility index (Phi) is 4.30. The van der Waals surface area contributed by atoms with E-state index in [0.717, 1.165) is 24.0 Å². The summed E-state index contributed by atoms with van der Waals surface area (Å²) in [7, 11) is 0. The highest BCUT2D eigenvalue weighted by atomic mass is 19.4. The molecule has 0 aromatic heterocycles. The molecule has 146 valence electrons. The third-order valence-electron chi connectivity index (χ3n) is 4.91. The van der Waals surface area contributed by atoms with Gasteiger partial charge in [0.1, 0.15) is 0 Å². The Morgan fingerprint density at radius 2 is 1.85 bits per heavy atom. The fourth-order valence-corrected chi connectivity index (χ4v) is 3.83. The van der Waals surface area contributed by atoms with Gasteiger partial charge in [0.2, 0.25) is 0 Å². The Balaban J connectivity index is 2.21. The highest BCUT2D eigenvalue weighted by Crippen LogP contribution is 2.45. The zero-order valence-corrected chi connectivity index (χ0v) is 13.8. The maximum atomic E-state index is 13.7. The minimum Gasteiger partial charge on any atom is -0.391 e. The number of rotatable bonds is 1. The zero-order chi connectivity index (χ0) is 20.3. The van der Waals surface area contributed by atoms with Crippen molar-refractivity contribution in [3.8, 4) is 6.07 Å². The number of hydrogen-bond acceptors (Lipinski definition) is 3. The van der Waals surface area contributed by atoms with Crippen LogP contribution in [-0.2, 0) is 6.18 Å². The number of aliphatic hydroxyl groups excluding tert-OH is 1. The maximum Gasteiger partial charge on any atom is 0.418 e. The van der Waals surface area contributed by atoms with E-state index in [1.165, 1.54) is 6.07 Å². The number of urea groups is 1. The number of nitriles is 1. The smallest absolute Gasteiger partial charge is 0.391 e. The van der Waals surface area contributed by atoms with Gasteiger partial charge in [0.25, 0.3) is 0 Å². The SMILES string of the molecule is Cc1c(N2C(=O)N3CCC(O)C3C2C(F)(F)F)ccc(C#N)c1C(F)(F)F. The molecule has 2 fully saturated rings. The number of aliphatic hydroxyl groups is 1. The lowest BCUT2D eigenvalue weighted by atomic mass is 9.97. The molecule has 3 atom stereocenters. The number of carbonyl (C=O) groups is 1. The molecular weight excluding hydrogens is 380 g/mol. The van der Waals surface area contributed by atoms with Crippen molar-refractivity contribution in [2.75, 3.05) is 11.4 Å². The Morgan fingerprint density at radius 1 is 1.22 bits per heavy atom. The number of anilines is 1. The predicted octanol–water partition coefficient (Wildman–Crippen LogP) is 3.19. The number of benzene rings is 1.